The lowest BCUT2D eigenvalue weighted by Crippen LogP contribution is -2.17. The highest BCUT2D eigenvalue weighted by Gasteiger charge is 2.36. The summed E-state index contributed by atoms with van der Waals surface area (Å²) in [5, 5.41) is 2.22. The van der Waals surface area contributed by atoms with E-state index in [1.54, 1.807) is 0 Å². The van der Waals surface area contributed by atoms with Crippen molar-refractivity contribution in [2.45, 2.75) is 19.3 Å². The zero-order valence-electron chi connectivity index (χ0n) is 29.8. The first-order valence-electron chi connectivity index (χ1n) is 18.4. The number of para-hydroxylation sites is 1. The molecule has 8 aromatic carbocycles. The second kappa shape index (κ2) is 12.3. The molecule has 1 aliphatic carbocycles. The Bertz CT molecular complexity index is 2790. The molecule has 2 nitrogen and oxygen atoms in total. The lowest BCUT2D eigenvalue weighted by Gasteiger charge is -2.30. The summed E-state index contributed by atoms with van der Waals surface area (Å²) in [5.74, 6) is 0. The fourth-order valence-corrected chi connectivity index (χ4v) is 8.53. The second-order valence-electron chi connectivity index (χ2n) is 14.5. The van der Waals surface area contributed by atoms with Crippen LogP contribution in [0.25, 0.3) is 66.4 Å². The minimum absolute atomic E-state index is 0.141. The van der Waals surface area contributed by atoms with Crippen molar-refractivity contribution in [3.05, 3.63) is 199 Å². The van der Waals surface area contributed by atoms with Gasteiger partial charge >= 0.3 is 0 Å². The molecule has 53 heavy (non-hydrogen) atoms. The van der Waals surface area contributed by atoms with E-state index in [-0.39, 0.29) is 5.41 Å². The molecule has 10 rings (SSSR count). The Labute approximate surface area is 310 Å². The van der Waals surface area contributed by atoms with Gasteiger partial charge in [-0.2, -0.15) is 0 Å². The molecule has 0 amide bonds. The van der Waals surface area contributed by atoms with Gasteiger partial charge in [-0.25, -0.2) is 0 Å². The number of rotatable bonds is 6. The Morgan fingerprint density at radius 2 is 1.00 bits per heavy atom. The van der Waals surface area contributed by atoms with Gasteiger partial charge in [0, 0.05) is 33.1 Å². The smallest absolute Gasteiger partial charge is 0.136 e. The van der Waals surface area contributed by atoms with Crippen molar-refractivity contribution in [2.24, 2.45) is 0 Å². The Balaban J connectivity index is 1.27. The van der Waals surface area contributed by atoms with E-state index in [4.69, 9.17) is 4.42 Å². The van der Waals surface area contributed by atoms with Crippen molar-refractivity contribution >= 4 is 39.0 Å². The summed E-state index contributed by atoms with van der Waals surface area (Å²) in [7, 11) is 0. The van der Waals surface area contributed by atoms with Gasteiger partial charge in [-0.05, 0) is 92.5 Å². The van der Waals surface area contributed by atoms with Crippen LogP contribution in [-0.4, -0.2) is 0 Å². The van der Waals surface area contributed by atoms with E-state index >= 15 is 0 Å². The van der Waals surface area contributed by atoms with Gasteiger partial charge in [-0.15, -0.1) is 0 Å². The molecule has 1 aliphatic rings. The van der Waals surface area contributed by atoms with Gasteiger partial charge in [0.1, 0.15) is 11.2 Å². The molecule has 0 aliphatic heterocycles. The van der Waals surface area contributed by atoms with Crippen LogP contribution < -0.4 is 4.90 Å². The van der Waals surface area contributed by atoms with E-state index < -0.39 is 0 Å². The first kappa shape index (κ1) is 31.1. The highest BCUT2D eigenvalue weighted by molar-refractivity contribution is 6.17. The van der Waals surface area contributed by atoms with E-state index in [2.05, 4.69) is 201 Å². The monoisotopic (exact) mass is 679 g/mol. The van der Waals surface area contributed by atoms with Crippen molar-refractivity contribution in [1.82, 2.24) is 0 Å². The Morgan fingerprint density at radius 3 is 1.77 bits per heavy atom. The molecule has 2 heteroatoms. The highest BCUT2D eigenvalue weighted by atomic mass is 16.3. The number of hydrogen-bond donors (Lipinski definition) is 0. The Morgan fingerprint density at radius 1 is 0.415 bits per heavy atom. The van der Waals surface area contributed by atoms with E-state index in [9.17, 15) is 0 Å². The largest absolute Gasteiger partial charge is 0.456 e. The Hall–Kier alpha value is -6.64. The zero-order valence-corrected chi connectivity index (χ0v) is 29.8. The molecule has 9 aromatic rings. The highest BCUT2D eigenvalue weighted by Crippen LogP contribution is 2.53. The fourth-order valence-electron chi connectivity index (χ4n) is 8.53. The zero-order chi connectivity index (χ0) is 35.5. The Kier molecular flexibility index (Phi) is 7.19. The summed E-state index contributed by atoms with van der Waals surface area (Å²) in [6.45, 7) is 4.71. The molecule has 0 saturated carbocycles. The molecule has 0 fully saturated rings. The average molecular weight is 680 g/mol. The summed E-state index contributed by atoms with van der Waals surface area (Å²) in [4.78, 5) is 2.45. The van der Waals surface area contributed by atoms with Crippen molar-refractivity contribution in [1.29, 1.82) is 0 Å². The summed E-state index contributed by atoms with van der Waals surface area (Å²) < 4.78 is 6.58. The van der Waals surface area contributed by atoms with Gasteiger partial charge in [0.05, 0.1) is 5.69 Å². The molecule has 0 bridgehead atoms. The van der Waals surface area contributed by atoms with Gasteiger partial charge in [0.15, 0.2) is 0 Å². The number of fused-ring (bicyclic) bond motifs is 6. The molecule has 1 heterocycles. The third kappa shape index (κ3) is 5.02. The molecule has 0 unspecified atom stereocenters. The van der Waals surface area contributed by atoms with Crippen LogP contribution in [-0.2, 0) is 5.41 Å². The van der Waals surface area contributed by atoms with Crippen molar-refractivity contribution in [2.75, 3.05) is 4.90 Å². The number of benzene rings is 8. The normalized spacial score (nSPS) is 12.9. The number of nitrogens with zero attached hydrogens (tertiary/aromatic N) is 1. The van der Waals surface area contributed by atoms with Crippen LogP contribution in [0.5, 0.6) is 0 Å². The van der Waals surface area contributed by atoms with Crippen LogP contribution in [0.1, 0.15) is 25.0 Å². The molecule has 0 atom stereocenters. The quantitative estimate of drug-likeness (QED) is 0.174. The maximum atomic E-state index is 6.58. The van der Waals surface area contributed by atoms with Crippen LogP contribution in [0, 0.1) is 0 Å². The number of anilines is 3. The maximum absolute atomic E-state index is 6.58. The predicted molar refractivity (Wildman–Crippen MR) is 222 cm³/mol. The fraction of sp³-hybridized carbons (Fsp3) is 0.0588. The minimum atomic E-state index is -0.141. The summed E-state index contributed by atoms with van der Waals surface area (Å²) >= 11 is 0. The lowest BCUT2D eigenvalue weighted by atomic mass is 9.82. The van der Waals surface area contributed by atoms with Gasteiger partial charge < -0.3 is 9.32 Å². The first-order chi connectivity index (χ1) is 26.1. The number of hydrogen-bond acceptors (Lipinski definition) is 2. The molecular weight excluding hydrogens is 643 g/mol. The molecular formula is C51H37NO. The number of furan rings is 1. The molecule has 0 radical (unpaired) electrons. The van der Waals surface area contributed by atoms with Crippen molar-refractivity contribution < 1.29 is 4.42 Å². The average Bonchev–Trinajstić information content (AvgIpc) is 3.71. The van der Waals surface area contributed by atoms with Gasteiger partial charge in [-0.1, -0.05) is 159 Å². The van der Waals surface area contributed by atoms with Gasteiger partial charge in [0.2, 0.25) is 0 Å². The van der Waals surface area contributed by atoms with Crippen molar-refractivity contribution in [3.63, 3.8) is 0 Å². The maximum Gasteiger partial charge on any atom is 0.136 e. The van der Waals surface area contributed by atoms with Gasteiger partial charge in [0.25, 0.3) is 0 Å². The molecule has 0 spiro atoms. The van der Waals surface area contributed by atoms with E-state index in [0.29, 0.717) is 0 Å². The van der Waals surface area contributed by atoms with Crippen LogP contribution in [0.2, 0.25) is 0 Å². The standard InChI is InChI=1S/C51H37NO/c1-51(2)44-23-13-11-20-40(44)41-30-29-38(33-45(41)51)52(37-27-25-35(26-28-37)34-15-5-3-6-16-34)46-31-32-48-50(43-22-12-14-24-47(43)53-48)49(46)42-21-10-9-19-39(42)36-17-7-4-8-18-36/h3-33H,1-2H3. The minimum Gasteiger partial charge on any atom is -0.456 e. The van der Waals surface area contributed by atoms with E-state index in [1.807, 2.05) is 6.07 Å². The van der Waals surface area contributed by atoms with Gasteiger partial charge in [-0.3, -0.25) is 0 Å². The third-order valence-electron chi connectivity index (χ3n) is 11.1. The van der Waals surface area contributed by atoms with E-state index in [1.165, 1.54) is 44.5 Å². The molecule has 1 aromatic heterocycles. The van der Waals surface area contributed by atoms with Crippen LogP contribution in [0.3, 0.4) is 0 Å². The summed E-state index contributed by atoms with van der Waals surface area (Å²) in [6.07, 6.45) is 0. The van der Waals surface area contributed by atoms with Crippen LogP contribution in [0.4, 0.5) is 17.1 Å². The lowest BCUT2D eigenvalue weighted by molar-refractivity contribution is 0.660. The van der Waals surface area contributed by atoms with E-state index in [0.717, 1.165) is 50.1 Å². The van der Waals surface area contributed by atoms with Crippen LogP contribution in [0.15, 0.2) is 192 Å². The second-order valence-corrected chi connectivity index (χ2v) is 14.5. The predicted octanol–water partition coefficient (Wildman–Crippen LogP) is 14.4. The topological polar surface area (TPSA) is 16.4 Å². The van der Waals surface area contributed by atoms with Crippen molar-refractivity contribution in [3.8, 4) is 44.5 Å². The SMILES string of the molecule is CC1(C)c2ccccc2-c2ccc(N(c3ccc(-c4ccccc4)cc3)c3ccc4oc5ccccc5c4c3-c3ccccc3-c3ccccc3)cc21. The summed E-state index contributed by atoms with van der Waals surface area (Å²) in [6, 6.07) is 67.9. The first-order valence-corrected chi connectivity index (χ1v) is 18.4. The molecule has 0 N–H and O–H groups in total. The molecule has 0 saturated heterocycles. The molecule has 252 valence electrons. The van der Waals surface area contributed by atoms with Crippen LogP contribution >= 0.6 is 0 Å². The third-order valence-corrected chi connectivity index (χ3v) is 11.1. The summed E-state index contributed by atoms with van der Waals surface area (Å²) in [5.41, 5.74) is 17.3.